The maximum Gasteiger partial charge on any atom is 0.274 e. The molecule has 0 saturated carbocycles. The molecule has 0 aliphatic carbocycles. The van der Waals surface area contributed by atoms with Gasteiger partial charge in [0.2, 0.25) is 5.91 Å². The van der Waals surface area contributed by atoms with E-state index in [1.807, 2.05) is 24.9 Å². The molecule has 4 rings (SSSR count). The SMILES string of the molecule is Cc1cc(C(=O)N2CC3CN(C(=O)C4CCOCC4)CC3(CN(C)C)C2)nn1C. The van der Waals surface area contributed by atoms with Crippen molar-refractivity contribution in [3.05, 3.63) is 17.5 Å². The number of amides is 2. The summed E-state index contributed by atoms with van der Waals surface area (Å²) in [6, 6.07) is 1.86. The fraction of sp³-hybridized carbons (Fsp3) is 0.762. The van der Waals surface area contributed by atoms with E-state index in [0.29, 0.717) is 37.9 Å². The van der Waals surface area contributed by atoms with Crippen molar-refractivity contribution in [1.82, 2.24) is 24.5 Å². The maximum absolute atomic E-state index is 13.1. The molecule has 4 heterocycles. The molecule has 3 aliphatic rings. The Morgan fingerprint density at radius 3 is 2.48 bits per heavy atom. The van der Waals surface area contributed by atoms with E-state index < -0.39 is 0 Å². The first kappa shape index (κ1) is 20.3. The summed E-state index contributed by atoms with van der Waals surface area (Å²) in [5.74, 6) is 0.679. The molecule has 2 atom stereocenters. The summed E-state index contributed by atoms with van der Waals surface area (Å²) in [7, 11) is 6.00. The highest BCUT2D eigenvalue weighted by Crippen LogP contribution is 2.44. The fourth-order valence-corrected chi connectivity index (χ4v) is 5.39. The second-order valence-corrected chi connectivity index (χ2v) is 9.38. The third-order valence-electron chi connectivity index (χ3n) is 6.89. The Morgan fingerprint density at radius 2 is 1.86 bits per heavy atom. The number of fused-ring (bicyclic) bond motifs is 1. The Balaban J connectivity index is 1.49. The molecule has 29 heavy (non-hydrogen) atoms. The van der Waals surface area contributed by atoms with Crippen LogP contribution in [-0.4, -0.2) is 96.3 Å². The van der Waals surface area contributed by atoms with Crippen LogP contribution in [0.25, 0.3) is 0 Å². The molecule has 2 amide bonds. The van der Waals surface area contributed by atoms with E-state index in [0.717, 1.165) is 38.2 Å². The minimum atomic E-state index is -0.0657. The van der Waals surface area contributed by atoms with Gasteiger partial charge in [-0.1, -0.05) is 0 Å². The van der Waals surface area contributed by atoms with Crippen LogP contribution >= 0.6 is 0 Å². The lowest BCUT2D eigenvalue weighted by molar-refractivity contribution is -0.138. The molecular formula is C21H33N5O3. The topological polar surface area (TPSA) is 70.9 Å². The van der Waals surface area contributed by atoms with E-state index in [1.54, 1.807) is 4.68 Å². The van der Waals surface area contributed by atoms with Crippen LogP contribution in [0.5, 0.6) is 0 Å². The standard InChI is InChI=1S/C21H33N5O3/c1-15-9-18(22-24(15)4)20(28)26-11-17-10-25(13-21(17,14-26)12-23(2)3)19(27)16-5-7-29-8-6-16/h9,16-17H,5-8,10-14H2,1-4H3. The minimum absolute atomic E-state index is 0.00327. The van der Waals surface area contributed by atoms with Crippen molar-refractivity contribution < 1.29 is 14.3 Å². The second-order valence-electron chi connectivity index (χ2n) is 9.38. The second kappa shape index (κ2) is 7.72. The zero-order valence-corrected chi connectivity index (χ0v) is 18.1. The van der Waals surface area contributed by atoms with Gasteiger partial charge >= 0.3 is 0 Å². The van der Waals surface area contributed by atoms with Crippen LogP contribution in [0.2, 0.25) is 0 Å². The first-order valence-corrected chi connectivity index (χ1v) is 10.6. The van der Waals surface area contributed by atoms with Gasteiger partial charge in [-0.15, -0.1) is 0 Å². The van der Waals surface area contributed by atoms with Gasteiger partial charge in [0, 0.05) is 75.9 Å². The van der Waals surface area contributed by atoms with Gasteiger partial charge < -0.3 is 19.4 Å². The van der Waals surface area contributed by atoms with E-state index in [2.05, 4.69) is 29.0 Å². The van der Waals surface area contributed by atoms with Crippen LogP contribution in [0.1, 0.15) is 29.0 Å². The molecule has 0 N–H and O–H groups in total. The van der Waals surface area contributed by atoms with Crippen molar-refractivity contribution in [2.45, 2.75) is 19.8 Å². The monoisotopic (exact) mass is 403 g/mol. The van der Waals surface area contributed by atoms with Gasteiger partial charge in [0.05, 0.1) is 0 Å². The van der Waals surface area contributed by atoms with Crippen LogP contribution < -0.4 is 0 Å². The number of aromatic nitrogens is 2. The minimum Gasteiger partial charge on any atom is -0.381 e. The van der Waals surface area contributed by atoms with Gasteiger partial charge in [-0.25, -0.2) is 0 Å². The maximum atomic E-state index is 13.1. The molecule has 1 aromatic heterocycles. The molecule has 3 fully saturated rings. The number of hydrogen-bond donors (Lipinski definition) is 0. The first-order chi connectivity index (χ1) is 13.8. The van der Waals surface area contributed by atoms with Crippen LogP contribution in [0.3, 0.4) is 0 Å². The molecule has 0 spiro atoms. The molecule has 160 valence electrons. The molecule has 2 unspecified atom stereocenters. The van der Waals surface area contributed by atoms with Crippen molar-refractivity contribution in [2.75, 3.05) is 60.0 Å². The van der Waals surface area contributed by atoms with Crippen LogP contribution in [0.4, 0.5) is 0 Å². The number of nitrogens with zero attached hydrogens (tertiary/aromatic N) is 5. The van der Waals surface area contributed by atoms with E-state index >= 15 is 0 Å². The number of carbonyl (C=O) groups excluding carboxylic acids is 2. The first-order valence-electron chi connectivity index (χ1n) is 10.6. The summed E-state index contributed by atoms with van der Waals surface area (Å²) in [5, 5.41) is 4.38. The van der Waals surface area contributed by atoms with E-state index in [-0.39, 0.29) is 23.1 Å². The molecular weight excluding hydrogens is 370 g/mol. The Labute approximate surface area is 172 Å². The largest absolute Gasteiger partial charge is 0.381 e. The lowest BCUT2D eigenvalue weighted by Crippen LogP contribution is -2.45. The Morgan fingerprint density at radius 1 is 1.21 bits per heavy atom. The summed E-state index contributed by atoms with van der Waals surface area (Å²) >= 11 is 0. The Hall–Kier alpha value is -1.93. The quantitative estimate of drug-likeness (QED) is 0.737. The van der Waals surface area contributed by atoms with E-state index in [9.17, 15) is 9.59 Å². The van der Waals surface area contributed by atoms with E-state index in [1.165, 1.54) is 0 Å². The molecule has 0 bridgehead atoms. The van der Waals surface area contributed by atoms with Gasteiger partial charge in [-0.2, -0.15) is 5.10 Å². The lowest BCUT2D eigenvalue weighted by Gasteiger charge is -2.33. The number of rotatable bonds is 4. The highest BCUT2D eigenvalue weighted by atomic mass is 16.5. The average Bonchev–Trinajstić information content (AvgIpc) is 3.31. The third kappa shape index (κ3) is 3.80. The average molecular weight is 404 g/mol. The van der Waals surface area contributed by atoms with Gasteiger partial charge in [0.15, 0.2) is 5.69 Å². The molecule has 0 radical (unpaired) electrons. The summed E-state index contributed by atoms with van der Waals surface area (Å²) in [5.41, 5.74) is 1.42. The highest BCUT2D eigenvalue weighted by molar-refractivity contribution is 5.92. The van der Waals surface area contributed by atoms with Gasteiger partial charge in [-0.05, 0) is 39.9 Å². The normalized spacial score (nSPS) is 27.7. The number of ether oxygens (including phenoxy) is 1. The van der Waals surface area contributed by atoms with E-state index in [4.69, 9.17) is 4.74 Å². The molecule has 3 saturated heterocycles. The summed E-state index contributed by atoms with van der Waals surface area (Å²) in [6.07, 6.45) is 1.65. The molecule has 3 aliphatic heterocycles. The summed E-state index contributed by atoms with van der Waals surface area (Å²) < 4.78 is 7.17. The molecule has 8 nitrogen and oxygen atoms in total. The zero-order chi connectivity index (χ0) is 20.8. The Bertz CT molecular complexity index is 766. The molecule has 1 aromatic rings. The molecule has 0 aromatic carbocycles. The predicted molar refractivity (Wildman–Crippen MR) is 108 cm³/mol. The van der Waals surface area contributed by atoms with Crippen LogP contribution in [0.15, 0.2) is 6.07 Å². The smallest absolute Gasteiger partial charge is 0.274 e. The number of likely N-dealkylation sites (tertiary alicyclic amines) is 2. The third-order valence-corrected chi connectivity index (χ3v) is 6.89. The number of aryl methyl sites for hydroxylation is 2. The van der Waals surface area contributed by atoms with Crippen molar-refractivity contribution >= 4 is 11.8 Å². The summed E-state index contributed by atoms with van der Waals surface area (Å²) in [4.78, 5) is 32.4. The number of hydrogen-bond acceptors (Lipinski definition) is 5. The predicted octanol–water partition coefficient (Wildman–Crippen LogP) is 0.617. The van der Waals surface area contributed by atoms with Crippen molar-refractivity contribution in [2.24, 2.45) is 24.3 Å². The fourth-order valence-electron chi connectivity index (χ4n) is 5.39. The number of carbonyl (C=O) groups is 2. The highest BCUT2D eigenvalue weighted by Gasteiger charge is 2.55. The van der Waals surface area contributed by atoms with Crippen molar-refractivity contribution in [1.29, 1.82) is 0 Å². The zero-order valence-electron chi connectivity index (χ0n) is 18.1. The molecule has 8 heteroatoms. The van der Waals surface area contributed by atoms with Gasteiger partial charge in [-0.3, -0.25) is 14.3 Å². The van der Waals surface area contributed by atoms with Crippen molar-refractivity contribution in [3.63, 3.8) is 0 Å². The van der Waals surface area contributed by atoms with Crippen LogP contribution in [0, 0.1) is 24.2 Å². The van der Waals surface area contributed by atoms with Gasteiger partial charge in [0.1, 0.15) is 0 Å². The van der Waals surface area contributed by atoms with Crippen LogP contribution in [-0.2, 0) is 16.6 Å². The van der Waals surface area contributed by atoms with Gasteiger partial charge in [0.25, 0.3) is 5.91 Å². The summed E-state index contributed by atoms with van der Waals surface area (Å²) in [6.45, 7) is 7.05. The lowest BCUT2D eigenvalue weighted by atomic mass is 9.80. The van der Waals surface area contributed by atoms with Crippen molar-refractivity contribution in [3.8, 4) is 0 Å². The Kier molecular flexibility index (Phi) is 5.42.